The summed E-state index contributed by atoms with van der Waals surface area (Å²) < 4.78 is 6.73. The van der Waals surface area contributed by atoms with Crippen LogP contribution in [0.25, 0.3) is 10.8 Å². The summed E-state index contributed by atoms with van der Waals surface area (Å²) in [6.07, 6.45) is 10.7. The first-order valence-corrected chi connectivity index (χ1v) is 10.7. The number of rotatable bonds is 0. The fourth-order valence-corrected chi connectivity index (χ4v) is 6.63. The van der Waals surface area contributed by atoms with Gasteiger partial charge in [-0.2, -0.15) is 0 Å². The van der Waals surface area contributed by atoms with Gasteiger partial charge < -0.3 is 10.1 Å². The van der Waals surface area contributed by atoms with Crippen LogP contribution in [0.1, 0.15) is 62.0 Å². The highest BCUT2D eigenvalue weighted by Gasteiger charge is 2.49. The lowest BCUT2D eigenvalue weighted by Crippen LogP contribution is -2.41. The highest BCUT2D eigenvalue weighted by Crippen LogP contribution is 2.52. The van der Waals surface area contributed by atoms with E-state index in [0.717, 1.165) is 11.8 Å². The van der Waals surface area contributed by atoms with Crippen molar-refractivity contribution in [2.24, 2.45) is 5.92 Å². The number of hydrogen-bond acceptors (Lipinski definition) is 2. The molecule has 2 aliphatic carbocycles. The number of piperidine rings is 1. The first-order chi connectivity index (χ1) is 12.8. The van der Waals surface area contributed by atoms with Crippen LogP contribution in [-0.4, -0.2) is 24.3 Å². The molecule has 0 amide bonds. The van der Waals surface area contributed by atoms with Gasteiger partial charge in [-0.15, -0.1) is 0 Å². The van der Waals surface area contributed by atoms with Crippen molar-refractivity contribution in [2.45, 2.75) is 75.0 Å². The number of fused-ring (bicyclic) bond motifs is 6. The van der Waals surface area contributed by atoms with Crippen LogP contribution in [0.5, 0.6) is 0 Å². The Hall–Kier alpha value is -1.38. The lowest BCUT2D eigenvalue weighted by Gasteiger charge is -2.28. The second-order valence-electron chi connectivity index (χ2n) is 9.25. The van der Waals surface area contributed by atoms with Gasteiger partial charge in [0.1, 0.15) is 0 Å². The lowest BCUT2D eigenvalue weighted by atomic mass is 9.86. The fourth-order valence-electron chi connectivity index (χ4n) is 6.63. The molecule has 1 N–H and O–H groups in total. The Morgan fingerprint density at radius 2 is 1.92 bits per heavy atom. The Morgan fingerprint density at radius 3 is 2.88 bits per heavy atom. The van der Waals surface area contributed by atoms with Crippen LogP contribution in [0.3, 0.4) is 0 Å². The van der Waals surface area contributed by atoms with E-state index in [-0.39, 0.29) is 5.60 Å². The van der Waals surface area contributed by atoms with Gasteiger partial charge in [0.25, 0.3) is 0 Å². The second-order valence-corrected chi connectivity index (χ2v) is 9.25. The van der Waals surface area contributed by atoms with Gasteiger partial charge in [0.05, 0.1) is 11.7 Å². The van der Waals surface area contributed by atoms with Gasteiger partial charge >= 0.3 is 0 Å². The summed E-state index contributed by atoms with van der Waals surface area (Å²) in [5.41, 5.74) is 3.48. The Bertz CT molecular complexity index is 829. The molecule has 0 radical (unpaired) electrons. The van der Waals surface area contributed by atoms with E-state index in [1.165, 1.54) is 68.7 Å². The van der Waals surface area contributed by atoms with Gasteiger partial charge in [0, 0.05) is 6.04 Å². The molecule has 0 aromatic heterocycles. The van der Waals surface area contributed by atoms with Crippen molar-refractivity contribution in [1.82, 2.24) is 5.32 Å². The zero-order chi connectivity index (χ0) is 17.1. The van der Waals surface area contributed by atoms with E-state index in [1.807, 2.05) is 0 Å². The summed E-state index contributed by atoms with van der Waals surface area (Å²) in [5.74, 6) is 1.59. The third kappa shape index (κ3) is 2.31. The van der Waals surface area contributed by atoms with Crippen LogP contribution in [0.4, 0.5) is 0 Å². The predicted molar refractivity (Wildman–Crippen MR) is 106 cm³/mol. The number of ether oxygens (including phenoxy) is 1. The van der Waals surface area contributed by atoms with Gasteiger partial charge in [-0.1, -0.05) is 36.4 Å². The summed E-state index contributed by atoms with van der Waals surface area (Å²) in [4.78, 5) is 0. The van der Waals surface area contributed by atoms with Gasteiger partial charge in [-0.25, -0.2) is 0 Å². The molecule has 2 heterocycles. The van der Waals surface area contributed by atoms with E-state index in [1.54, 1.807) is 11.1 Å². The van der Waals surface area contributed by atoms with E-state index in [0.29, 0.717) is 12.1 Å². The number of benzene rings is 2. The third-order valence-corrected chi connectivity index (χ3v) is 7.91. The SMILES string of the molecule is c1ccc2c3c(ccc2c1)C1CCC2(CCC1C3)CC1NCCCC1O2. The molecule has 3 fully saturated rings. The molecule has 2 nitrogen and oxygen atoms in total. The smallest absolute Gasteiger partial charge is 0.0737 e. The molecule has 1 saturated carbocycles. The Morgan fingerprint density at radius 1 is 1.00 bits per heavy atom. The average molecular weight is 348 g/mol. The lowest BCUT2D eigenvalue weighted by molar-refractivity contribution is -0.0588. The Kier molecular flexibility index (Phi) is 3.50. The maximum absolute atomic E-state index is 6.73. The molecule has 26 heavy (non-hydrogen) atoms. The molecular formula is C24H29NO. The number of nitrogens with one attached hydrogen (secondary N) is 1. The summed E-state index contributed by atoms with van der Waals surface area (Å²) >= 11 is 0. The predicted octanol–water partition coefficient (Wildman–Crippen LogP) is 4.95. The van der Waals surface area contributed by atoms with Crippen molar-refractivity contribution in [3.8, 4) is 0 Å². The van der Waals surface area contributed by atoms with Crippen LogP contribution in [-0.2, 0) is 11.2 Å². The quantitative estimate of drug-likeness (QED) is 0.728. The van der Waals surface area contributed by atoms with E-state index in [9.17, 15) is 0 Å². The maximum atomic E-state index is 6.73. The molecule has 2 heteroatoms. The van der Waals surface area contributed by atoms with Crippen molar-refractivity contribution in [3.63, 3.8) is 0 Å². The molecule has 2 aliphatic heterocycles. The molecule has 2 aromatic rings. The first-order valence-electron chi connectivity index (χ1n) is 10.7. The first kappa shape index (κ1) is 15.7. The van der Waals surface area contributed by atoms with E-state index >= 15 is 0 Å². The van der Waals surface area contributed by atoms with Crippen molar-refractivity contribution < 1.29 is 4.74 Å². The van der Waals surface area contributed by atoms with Crippen LogP contribution in [0.2, 0.25) is 0 Å². The summed E-state index contributed by atoms with van der Waals surface area (Å²) in [6, 6.07) is 14.4. The molecular weight excluding hydrogens is 318 g/mol. The van der Waals surface area contributed by atoms with Crippen LogP contribution >= 0.6 is 0 Å². The van der Waals surface area contributed by atoms with Gasteiger partial charge in [0.2, 0.25) is 0 Å². The summed E-state index contributed by atoms with van der Waals surface area (Å²) in [5, 5.41) is 6.64. The molecule has 4 aliphatic rings. The van der Waals surface area contributed by atoms with E-state index in [4.69, 9.17) is 4.74 Å². The van der Waals surface area contributed by atoms with Crippen molar-refractivity contribution >= 4 is 10.8 Å². The molecule has 2 aromatic carbocycles. The highest BCUT2D eigenvalue weighted by atomic mass is 16.5. The zero-order valence-corrected chi connectivity index (χ0v) is 15.5. The second kappa shape index (κ2) is 5.81. The zero-order valence-electron chi connectivity index (χ0n) is 15.5. The molecule has 5 unspecified atom stereocenters. The average Bonchev–Trinajstić information content (AvgIpc) is 3.17. The van der Waals surface area contributed by atoms with Crippen molar-refractivity contribution in [2.75, 3.05) is 6.54 Å². The minimum absolute atomic E-state index is 0.175. The third-order valence-electron chi connectivity index (χ3n) is 7.91. The van der Waals surface area contributed by atoms with Crippen LogP contribution < -0.4 is 5.32 Å². The molecule has 0 bridgehead atoms. The van der Waals surface area contributed by atoms with Crippen molar-refractivity contribution in [1.29, 1.82) is 0 Å². The van der Waals surface area contributed by atoms with Crippen LogP contribution in [0, 0.1) is 5.92 Å². The normalized spacial score (nSPS) is 38.8. The van der Waals surface area contributed by atoms with Gasteiger partial charge in [0.15, 0.2) is 0 Å². The Labute approximate surface area is 156 Å². The van der Waals surface area contributed by atoms with E-state index in [2.05, 4.69) is 41.7 Å². The monoisotopic (exact) mass is 347 g/mol. The number of hydrogen-bond donors (Lipinski definition) is 1. The molecule has 1 spiro atoms. The standard InChI is InChI=1S/C24H29NO/c1-2-5-18-16(4-1)7-8-20-19-10-12-24(11-9-17(19)14-21(18)20)15-22-23(26-24)6-3-13-25-22/h1-2,4-5,7-8,17,19,22-23,25H,3,6,9-15H2. The minimum Gasteiger partial charge on any atom is -0.370 e. The summed E-state index contributed by atoms with van der Waals surface area (Å²) in [6.45, 7) is 1.19. The molecule has 5 atom stereocenters. The molecule has 136 valence electrons. The minimum atomic E-state index is 0.175. The van der Waals surface area contributed by atoms with Crippen molar-refractivity contribution in [3.05, 3.63) is 47.5 Å². The molecule has 6 rings (SSSR count). The highest BCUT2D eigenvalue weighted by molar-refractivity contribution is 5.87. The van der Waals surface area contributed by atoms with Gasteiger partial charge in [-0.05, 0) is 91.6 Å². The maximum Gasteiger partial charge on any atom is 0.0737 e. The van der Waals surface area contributed by atoms with E-state index < -0.39 is 0 Å². The largest absolute Gasteiger partial charge is 0.370 e. The van der Waals surface area contributed by atoms with Gasteiger partial charge in [-0.3, -0.25) is 0 Å². The summed E-state index contributed by atoms with van der Waals surface area (Å²) in [7, 11) is 0. The topological polar surface area (TPSA) is 21.3 Å². The molecule has 2 saturated heterocycles. The fraction of sp³-hybridized carbons (Fsp3) is 0.583. The Balaban J connectivity index is 1.29. The van der Waals surface area contributed by atoms with Crippen LogP contribution in [0.15, 0.2) is 36.4 Å².